The fourth-order valence-electron chi connectivity index (χ4n) is 2.61. The van der Waals surface area contributed by atoms with E-state index in [2.05, 4.69) is 9.82 Å². The normalized spacial score (nSPS) is 19.4. The van der Waals surface area contributed by atoms with Crippen LogP contribution in [0.2, 0.25) is 0 Å². The van der Waals surface area contributed by atoms with Crippen molar-refractivity contribution >= 4 is 15.9 Å². The van der Waals surface area contributed by atoms with Crippen molar-refractivity contribution < 1.29 is 8.42 Å². The molecule has 0 aromatic carbocycles. The molecule has 0 amide bonds. The summed E-state index contributed by atoms with van der Waals surface area (Å²) in [5, 5.41) is 11.7. The second kappa shape index (κ2) is 5.53. The lowest BCUT2D eigenvalue weighted by Gasteiger charge is -2.32. The Balaban J connectivity index is 2.30. The molecule has 0 atom stereocenters. The highest BCUT2D eigenvalue weighted by molar-refractivity contribution is 7.89. The number of sulfonamides is 1. The minimum Gasteiger partial charge on any atom is -0.386 e. The van der Waals surface area contributed by atoms with Crippen LogP contribution in [0, 0.1) is 5.41 Å². The van der Waals surface area contributed by atoms with Gasteiger partial charge in [-0.15, -0.1) is 0 Å². The molecule has 7 nitrogen and oxygen atoms in total. The van der Waals surface area contributed by atoms with E-state index >= 15 is 0 Å². The highest BCUT2D eigenvalue weighted by Crippen LogP contribution is 2.28. The van der Waals surface area contributed by atoms with Crippen LogP contribution in [0.25, 0.3) is 0 Å². The predicted molar refractivity (Wildman–Crippen MR) is 75.9 cm³/mol. The standard InChI is InChI=1S/C12H21N5O2S/c1-17-9-10(8-15-17)20(18,19)16-12(11(13)14)6-4-2-3-5-7-12/h8-9,16H,2-7H2,1H3,(H3,13,14). The van der Waals surface area contributed by atoms with Gasteiger partial charge in [0, 0.05) is 13.2 Å². The number of nitrogens with one attached hydrogen (secondary N) is 2. The van der Waals surface area contributed by atoms with E-state index in [0.29, 0.717) is 12.8 Å². The van der Waals surface area contributed by atoms with E-state index in [4.69, 9.17) is 11.1 Å². The number of nitrogens with zero attached hydrogens (tertiary/aromatic N) is 2. The minimum atomic E-state index is -3.71. The maximum Gasteiger partial charge on any atom is 0.244 e. The topological polar surface area (TPSA) is 114 Å². The zero-order valence-electron chi connectivity index (χ0n) is 11.6. The summed E-state index contributed by atoms with van der Waals surface area (Å²) in [5.41, 5.74) is 4.74. The monoisotopic (exact) mass is 299 g/mol. The molecule has 1 saturated carbocycles. The largest absolute Gasteiger partial charge is 0.386 e. The van der Waals surface area contributed by atoms with Crippen LogP contribution in [0.15, 0.2) is 17.3 Å². The summed E-state index contributed by atoms with van der Waals surface area (Å²) < 4.78 is 28.9. The van der Waals surface area contributed by atoms with Crippen LogP contribution >= 0.6 is 0 Å². The maximum absolute atomic E-state index is 12.4. The van der Waals surface area contributed by atoms with Crippen LogP contribution < -0.4 is 10.5 Å². The first-order valence-electron chi connectivity index (χ1n) is 6.73. The number of aryl methyl sites for hydroxylation is 1. The molecule has 0 unspecified atom stereocenters. The van der Waals surface area contributed by atoms with Crippen molar-refractivity contribution in [3.05, 3.63) is 12.4 Å². The summed E-state index contributed by atoms with van der Waals surface area (Å²) in [6, 6.07) is 0. The van der Waals surface area contributed by atoms with Gasteiger partial charge >= 0.3 is 0 Å². The average molecular weight is 299 g/mol. The molecule has 2 rings (SSSR count). The lowest BCUT2D eigenvalue weighted by molar-refractivity contribution is 0.434. The van der Waals surface area contributed by atoms with Gasteiger partial charge in [0.25, 0.3) is 0 Å². The molecule has 1 heterocycles. The van der Waals surface area contributed by atoms with Crippen LogP contribution in [-0.4, -0.2) is 29.6 Å². The fraction of sp³-hybridized carbons (Fsp3) is 0.667. The van der Waals surface area contributed by atoms with Crippen LogP contribution in [-0.2, 0) is 17.1 Å². The Morgan fingerprint density at radius 1 is 1.40 bits per heavy atom. The number of aromatic nitrogens is 2. The molecule has 8 heteroatoms. The van der Waals surface area contributed by atoms with Crippen LogP contribution in [0.5, 0.6) is 0 Å². The van der Waals surface area contributed by atoms with E-state index in [1.54, 1.807) is 7.05 Å². The summed E-state index contributed by atoms with van der Waals surface area (Å²) in [4.78, 5) is 0.102. The number of rotatable bonds is 4. The van der Waals surface area contributed by atoms with Crippen molar-refractivity contribution in [2.24, 2.45) is 12.8 Å². The Hall–Kier alpha value is -1.41. The van der Waals surface area contributed by atoms with Gasteiger partial charge in [0.2, 0.25) is 10.0 Å². The molecule has 1 aliphatic carbocycles. The lowest BCUT2D eigenvalue weighted by atomic mass is 9.90. The molecule has 1 aromatic heterocycles. The molecule has 1 aliphatic rings. The predicted octanol–water partition coefficient (Wildman–Crippen LogP) is 0.727. The Kier molecular flexibility index (Phi) is 4.14. The maximum atomic E-state index is 12.4. The second-order valence-corrected chi connectivity index (χ2v) is 7.05. The molecule has 1 aromatic rings. The molecule has 0 radical (unpaired) electrons. The first kappa shape index (κ1) is 15.0. The van der Waals surface area contributed by atoms with E-state index in [1.165, 1.54) is 17.1 Å². The molecule has 0 spiro atoms. The molecule has 112 valence electrons. The van der Waals surface area contributed by atoms with Crippen LogP contribution in [0.1, 0.15) is 38.5 Å². The van der Waals surface area contributed by atoms with Gasteiger partial charge in [0.1, 0.15) is 10.7 Å². The van der Waals surface area contributed by atoms with Crippen molar-refractivity contribution in [2.45, 2.75) is 49.0 Å². The van der Waals surface area contributed by atoms with E-state index in [1.807, 2.05) is 0 Å². The molecule has 1 fully saturated rings. The molecule has 0 saturated heterocycles. The van der Waals surface area contributed by atoms with Crippen molar-refractivity contribution in [2.75, 3.05) is 0 Å². The zero-order valence-corrected chi connectivity index (χ0v) is 12.4. The Labute approximate surface area is 119 Å². The van der Waals surface area contributed by atoms with Gasteiger partial charge in [-0.3, -0.25) is 10.1 Å². The summed E-state index contributed by atoms with van der Waals surface area (Å²) in [6.45, 7) is 0. The highest BCUT2D eigenvalue weighted by atomic mass is 32.2. The van der Waals surface area contributed by atoms with E-state index < -0.39 is 15.6 Å². The average Bonchev–Trinajstić information content (AvgIpc) is 2.67. The highest BCUT2D eigenvalue weighted by Gasteiger charge is 2.38. The van der Waals surface area contributed by atoms with Gasteiger partial charge < -0.3 is 5.73 Å². The first-order chi connectivity index (χ1) is 9.36. The zero-order chi connectivity index (χ0) is 14.8. The van der Waals surface area contributed by atoms with Crippen LogP contribution in [0.4, 0.5) is 0 Å². The lowest BCUT2D eigenvalue weighted by Crippen LogP contribution is -2.56. The summed E-state index contributed by atoms with van der Waals surface area (Å²) in [5.74, 6) is -0.105. The SMILES string of the molecule is Cn1cc(S(=O)(=O)NC2(C(=N)N)CCCCCC2)cn1. The van der Waals surface area contributed by atoms with E-state index in [0.717, 1.165) is 25.7 Å². The van der Waals surface area contributed by atoms with Crippen molar-refractivity contribution in [3.8, 4) is 0 Å². The third-order valence-electron chi connectivity index (χ3n) is 3.79. The molecule has 0 bridgehead atoms. The quantitative estimate of drug-likeness (QED) is 0.432. The van der Waals surface area contributed by atoms with Crippen molar-refractivity contribution in [1.82, 2.24) is 14.5 Å². The molecular weight excluding hydrogens is 278 g/mol. The Bertz CT molecular complexity index is 585. The minimum absolute atomic E-state index is 0.102. The first-order valence-corrected chi connectivity index (χ1v) is 8.21. The summed E-state index contributed by atoms with van der Waals surface area (Å²) >= 11 is 0. The van der Waals surface area contributed by atoms with E-state index in [9.17, 15) is 8.42 Å². The van der Waals surface area contributed by atoms with Gasteiger partial charge in [0.15, 0.2) is 0 Å². The fourth-order valence-corrected chi connectivity index (χ4v) is 4.04. The number of amidine groups is 1. The molecule has 4 N–H and O–H groups in total. The van der Waals surface area contributed by atoms with Gasteiger partial charge in [-0.25, -0.2) is 8.42 Å². The van der Waals surface area contributed by atoms with Gasteiger partial charge in [-0.2, -0.15) is 9.82 Å². The number of nitrogens with two attached hydrogens (primary N) is 1. The molecule has 0 aliphatic heterocycles. The smallest absolute Gasteiger partial charge is 0.244 e. The summed E-state index contributed by atoms with van der Waals surface area (Å²) in [6.07, 6.45) is 7.71. The Morgan fingerprint density at radius 3 is 2.45 bits per heavy atom. The van der Waals surface area contributed by atoms with Crippen molar-refractivity contribution in [3.63, 3.8) is 0 Å². The third kappa shape index (κ3) is 3.01. The van der Waals surface area contributed by atoms with Gasteiger partial charge in [-0.05, 0) is 12.8 Å². The third-order valence-corrected chi connectivity index (χ3v) is 5.28. The Morgan fingerprint density at radius 2 is 2.00 bits per heavy atom. The summed E-state index contributed by atoms with van der Waals surface area (Å²) in [7, 11) is -2.05. The number of hydrogen-bond acceptors (Lipinski definition) is 4. The van der Waals surface area contributed by atoms with Crippen LogP contribution in [0.3, 0.4) is 0 Å². The number of hydrogen-bond donors (Lipinski definition) is 3. The molecular formula is C12H21N5O2S. The van der Waals surface area contributed by atoms with Gasteiger partial charge in [0.05, 0.1) is 11.7 Å². The molecule has 20 heavy (non-hydrogen) atoms. The van der Waals surface area contributed by atoms with E-state index in [-0.39, 0.29) is 10.7 Å². The second-order valence-electron chi connectivity index (χ2n) is 5.37. The van der Waals surface area contributed by atoms with Gasteiger partial charge in [-0.1, -0.05) is 25.7 Å². The van der Waals surface area contributed by atoms with Crippen molar-refractivity contribution in [1.29, 1.82) is 5.41 Å².